The van der Waals surface area contributed by atoms with Gasteiger partial charge in [0.25, 0.3) is 5.91 Å². The molecule has 1 aliphatic rings. The van der Waals surface area contributed by atoms with Crippen LogP contribution >= 0.6 is 15.9 Å². The van der Waals surface area contributed by atoms with E-state index in [-0.39, 0.29) is 11.6 Å². The molecule has 1 aromatic rings. The van der Waals surface area contributed by atoms with Crippen LogP contribution in [0.1, 0.15) is 36.0 Å². The van der Waals surface area contributed by atoms with Gasteiger partial charge in [-0.05, 0) is 31.0 Å². The van der Waals surface area contributed by atoms with Crippen LogP contribution in [0.4, 0.5) is 8.78 Å². The van der Waals surface area contributed by atoms with Crippen LogP contribution in [0.2, 0.25) is 0 Å². The van der Waals surface area contributed by atoms with Crippen molar-refractivity contribution in [3.05, 3.63) is 35.4 Å². The molecule has 0 heterocycles. The summed E-state index contributed by atoms with van der Waals surface area (Å²) in [4.78, 5) is 14.1. The van der Waals surface area contributed by atoms with E-state index in [2.05, 4.69) is 15.9 Å². The van der Waals surface area contributed by atoms with Crippen LogP contribution in [0.25, 0.3) is 0 Å². The van der Waals surface area contributed by atoms with Crippen molar-refractivity contribution in [1.29, 1.82) is 0 Å². The summed E-state index contributed by atoms with van der Waals surface area (Å²) in [6.07, 6.45) is 4.05. The second kappa shape index (κ2) is 6.46. The lowest BCUT2D eigenvalue weighted by molar-refractivity contribution is 0.0691. The molecule has 1 aromatic carbocycles. The molecule has 0 spiro atoms. The zero-order valence-corrected chi connectivity index (χ0v) is 12.1. The molecule has 2 rings (SSSR count). The monoisotopic (exact) mass is 331 g/mol. The number of nitrogens with zero attached hydrogens (tertiary/aromatic N) is 1. The van der Waals surface area contributed by atoms with Gasteiger partial charge in [-0.25, -0.2) is 8.78 Å². The quantitative estimate of drug-likeness (QED) is 0.769. The van der Waals surface area contributed by atoms with Gasteiger partial charge in [-0.15, -0.1) is 0 Å². The topological polar surface area (TPSA) is 20.3 Å². The van der Waals surface area contributed by atoms with Crippen LogP contribution in [-0.4, -0.2) is 28.7 Å². The molecule has 2 nitrogen and oxygen atoms in total. The fourth-order valence-corrected chi connectivity index (χ4v) is 2.96. The van der Waals surface area contributed by atoms with Crippen molar-refractivity contribution in [2.24, 2.45) is 0 Å². The third kappa shape index (κ3) is 3.32. The first-order chi connectivity index (χ1) is 9.13. The van der Waals surface area contributed by atoms with Gasteiger partial charge in [-0.2, -0.15) is 0 Å². The van der Waals surface area contributed by atoms with Crippen LogP contribution in [0.15, 0.2) is 18.2 Å². The van der Waals surface area contributed by atoms with Gasteiger partial charge < -0.3 is 4.90 Å². The van der Waals surface area contributed by atoms with Crippen molar-refractivity contribution in [1.82, 2.24) is 4.90 Å². The largest absolute Gasteiger partial charge is 0.335 e. The van der Waals surface area contributed by atoms with Gasteiger partial charge in [0.2, 0.25) is 0 Å². The summed E-state index contributed by atoms with van der Waals surface area (Å²) >= 11 is 3.31. The summed E-state index contributed by atoms with van der Waals surface area (Å²) in [5.41, 5.74) is -0.173. The Morgan fingerprint density at radius 2 is 2.00 bits per heavy atom. The van der Waals surface area contributed by atoms with E-state index in [0.717, 1.165) is 43.9 Å². The normalized spacial score (nSPS) is 15.7. The number of rotatable bonds is 4. The molecule has 5 heteroatoms. The van der Waals surface area contributed by atoms with Gasteiger partial charge in [0.15, 0.2) is 0 Å². The van der Waals surface area contributed by atoms with Crippen molar-refractivity contribution >= 4 is 21.8 Å². The fraction of sp³-hybridized carbons (Fsp3) is 0.500. The Balaban J connectivity index is 2.25. The van der Waals surface area contributed by atoms with Crippen molar-refractivity contribution in [3.8, 4) is 0 Å². The zero-order chi connectivity index (χ0) is 13.8. The average Bonchev–Trinajstić information content (AvgIpc) is 2.92. The molecule has 1 amide bonds. The maximum Gasteiger partial charge on any atom is 0.257 e. The number of halogens is 3. The van der Waals surface area contributed by atoms with Gasteiger partial charge in [-0.1, -0.05) is 28.8 Å². The first-order valence-corrected chi connectivity index (χ1v) is 7.57. The SMILES string of the molecule is O=C(c1cc(F)ccc1F)N(CCBr)C1CCCC1. The van der Waals surface area contributed by atoms with Crippen LogP contribution < -0.4 is 0 Å². The number of carbonyl (C=O) groups excluding carboxylic acids is 1. The third-order valence-corrected chi connectivity index (χ3v) is 3.87. The molecule has 1 aliphatic carbocycles. The molecular formula is C14H16BrF2NO. The average molecular weight is 332 g/mol. The first kappa shape index (κ1) is 14.4. The van der Waals surface area contributed by atoms with Crippen molar-refractivity contribution in [2.75, 3.05) is 11.9 Å². The Bertz CT molecular complexity index is 461. The second-order valence-corrected chi connectivity index (χ2v) is 5.54. The van der Waals surface area contributed by atoms with Crippen LogP contribution in [0.3, 0.4) is 0 Å². The Morgan fingerprint density at radius 1 is 1.32 bits per heavy atom. The lowest BCUT2D eigenvalue weighted by Crippen LogP contribution is -2.40. The number of amides is 1. The first-order valence-electron chi connectivity index (χ1n) is 6.45. The molecule has 0 atom stereocenters. The molecule has 0 unspecified atom stereocenters. The summed E-state index contributed by atoms with van der Waals surface area (Å²) < 4.78 is 26.9. The summed E-state index contributed by atoms with van der Waals surface area (Å²) in [6.45, 7) is 0.513. The number of alkyl halides is 1. The summed E-state index contributed by atoms with van der Waals surface area (Å²) in [5, 5.41) is 0.631. The molecule has 1 saturated carbocycles. The van der Waals surface area contributed by atoms with Crippen molar-refractivity contribution < 1.29 is 13.6 Å². The van der Waals surface area contributed by atoms with Gasteiger partial charge in [0.05, 0.1) is 5.56 Å². The fourth-order valence-electron chi connectivity index (χ4n) is 2.57. The minimum Gasteiger partial charge on any atom is -0.335 e. The van der Waals surface area contributed by atoms with Crippen LogP contribution in [-0.2, 0) is 0 Å². The number of carbonyl (C=O) groups is 1. The van der Waals surface area contributed by atoms with E-state index < -0.39 is 17.5 Å². The van der Waals surface area contributed by atoms with E-state index in [1.807, 2.05) is 0 Å². The van der Waals surface area contributed by atoms with Crippen molar-refractivity contribution in [2.45, 2.75) is 31.7 Å². The summed E-state index contributed by atoms with van der Waals surface area (Å²) in [6, 6.07) is 3.15. The van der Waals surface area contributed by atoms with Crippen LogP contribution in [0, 0.1) is 11.6 Å². The highest BCUT2D eigenvalue weighted by Gasteiger charge is 2.28. The molecule has 0 N–H and O–H groups in total. The van der Waals surface area contributed by atoms with Crippen LogP contribution in [0.5, 0.6) is 0 Å². The maximum absolute atomic E-state index is 13.7. The lowest BCUT2D eigenvalue weighted by Gasteiger charge is -2.28. The van der Waals surface area contributed by atoms with E-state index in [4.69, 9.17) is 0 Å². The highest BCUT2D eigenvalue weighted by Crippen LogP contribution is 2.25. The van der Waals surface area contributed by atoms with E-state index >= 15 is 0 Å². The highest BCUT2D eigenvalue weighted by molar-refractivity contribution is 9.09. The Kier molecular flexibility index (Phi) is 4.91. The number of benzene rings is 1. The van der Waals surface area contributed by atoms with E-state index in [0.29, 0.717) is 11.9 Å². The van der Waals surface area contributed by atoms with Gasteiger partial charge in [-0.3, -0.25) is 4.79 Å². The molecule has 0 saturated heterocycles. The van der Waals surface area contributed by atoms with Gasteiger partial charge >= 0.3 is 0 Å². The summed E-state index contributed by atoms with van der Waals surface area (Å²) in [7, 11) is 0. The molecule has 19 heavy (non-hydrogen) atoms. The standard InChI is InChI=1S/C14H16BrF2NO/c15-7-8-18(11-3-1-2-4-11)14(19)12-9-10(16)5-6-13(12)17/h5-6,9,11H,1-4,7-8H2. The number of hydrogen-bond acceptors (Lipinski definition) is 1. The lowest BCUT2D eigenvalue weighted by atomic mass is 10.1. The molecule has 1 fully saturated rings. The van der Waals surface area contributed by atoms with Gasteiger partial charge in [0, 0.05) is 17.9 Å². The van der Waals surface area contributed by atoms with Crippen molar-refractivity contribution in [3.63, 3.8) is 0 Å². The van der Waals surface area contributed by atoms with E-state index in [9.17, 15) is 13.6 Å². The predicted octanol–water partition coefficient (Wildman–Crippen LogP) is 3.74. The Morgan fingerprint density at radius 3 is 2.63 bits per heavy atom. The molecule has 0 bridgehead atoms. The van der Waals surface area contributed by atoms with Gasteiger partial charge in [0.1, 0.15) is 11.6 Å². The molecule has 0 aromatic heterocycles. The molecule has 0 radical (unpaired) electrons. The van der Waals surface area contributed by atoms with E-state index in [1.54, 1.807) is 4.90 Å². The third-order valence-electron chi connectivity index (χ3n) is 3.51. The maximum atomic E-state index is 13.7. The molecular weight excluding hydrogens is 316 g/mol. The molecule has 0 aliphatic heterocycles. The second-order valence-electron chi connectivity index (χ2n) is 4.75. The van der Waals surface area contributed by atoms with E-state index in [1.165, 1.54) is 0 Å². The Hall–Kier alpha value is -0.970. The minimum absolute atomic E-state index is 0.146. The highest BCUT2D eigenvalue weighted by atomic mass is 79.9. The molecule has 104 valence electrons. The summed E-state index contributed by atoms with van der Waals surface area (Å²) in [5.74, 6) is -1.66. The minimum atomic E-state index is -0.663. The number of hydrogen-bond donors (Lipinski definition) is 0. The predicted molar refractivity (Wildman–Crippen MR) is 73.4 cm³/mol. The zero-order valence-electron chi connectivity index (χ0n) is 10.5. The smallest absolute Gasteiger partial charge is 0.257 e. The Labute approximate surface area is 119 Å².